The maximum absolute atomic E-state index is 4.36. The van der Waals surface area contributed by atoms with Gasteiger partial charge in [0.15, 0.2) is 5.16 Å². The minimum absolute atomic E-state index is 0.692. The first-order valence-electron chi connectivity index (χ1n) is 7.05. The highest BCUT2D eigenvalue weighted by molar-refractivity contribution is 7.99. The second kappa shape index (κ2) is 7.74. The van der Waals surface area contributed by atoms with Crippen LogP contribution in [0.25, 0.3) is 0 Å². The summed E-state index contributed by atoms with van der Waals surface area (Å²) in [4.78, 5) is 8.73. The van der Waals surface area contributed by atoms with E-state index in [0.717, 1.165) is 17.5 Å². The van der Waals surface area contributed by atoms with Crippen LogP contribution in [0.2, 0.25) is 0 Å². The van der Waals surface area contributed by atoms with Crippen LogP contribution in [-0.2, 0) is 6.54 Å². The SMILES string of the molecule is CCSc1ncc(CNC2CCCCCC2)cn1. The summed E-state index contributed by atoms with van der Waals surface area (Å²) in [5, 5.41) is 4.53. The van der Waals surface area contributed by atoms with Crippen LogP contribution in [0, 0.1) is 0 Å². The fraction of sp³-hybridized carbons (Fsp3) is 0.714. The van der Waals surface area contributed by atoms with Crippen LogP contribution in [0.15, 0.2) is 17.6 Å². The Bertz CT molecular complexity index is 331. The summed E-state index contributed by atoms with van der Waals surface area (Å²) in [6.45, 7) is 3.03. The molecule has 2 rings (SSSR count). The molecule has 0 aliphatic heterocycles. The summed E-state index contributed by atoms with van der Waals surface area (Å²) in [6.07, 6.45) is 12.1. The van der Waals surface area contributed by atoms with Crippen molar-refractivity contribution in [1.29, 1.82) is 0 Å². The highest BCUT2D eigenvalue weighted by Crippen LogP contribution is 2.17. The van der Waals surface area contributed by atoms with E-state index in [1.807, 2.05) is 12.4 Å². The second-order valence-corrected chi connectivity index (χ2v) is 6.11. The van der Waals surface area contributed by atoms with Crippen molar-refractivity contribution in [1.82, 2.24) is 15.3 Å². The first-order valence-corrected chi connectivity index (χ1v) is 8.04. The molecule has 0 aromatic carbocycles. The molecule has 0 atom stereocenters. The summed E-state index contributed by atoms with van der Waals surface area (Å²) < 4.78 is 0. The van der Waals surface area contributed by atoms with Gasteiger partial charge in [-0.15, -0.1) is 0 Å². The zero-order chi connectivity index (χ0) is 12.6. The van der Waals surface area contributed by atoms with Gasteiger partial charge in [-0.1, -0.05) is 44.4 Å². The molecule has 1 aromatic rings. The van der Waals surface area contributed by atoms with Gasteiger partial charge in [0.1, 0.15) is 0 Å². The Morgan fingerprint density at radius 2 is 1.83 bits per heavy atom. The van der Waals surface area contributed by atoms with E-state index < -0.39 is 0 Å². The Morgan fingerprint density at radius 1 is 1.17 bits per heavy atom. The molecule has 1 aliphatic rings. The van der Waals surface area contributed by atoms with Crippen molar-refractivity contribution in [2.24, 2.45) is 0 Å². The molecule has 1 aromatic heterocycles. The number of hydrogen-bond acceptors (Lipinski definition) is 4. The Labute approximate surface area is 114 Å². The molecule has 0 unspecified atom stereocenters. The zero-order valence-electron chi connectivity index (χ0n) is 11.2. The van der Waals surface area contributed by atoms with Crippen molar-refractivity contribution in [2.45, 2.75) is 63.2 Å². The van der Waals surface area contributed by atoms with E-state index in [0.29, 0.717) is 6.04 Å². The highest BCUT2D eigenvalue weighted by atomic mass is 32.2. The second-order valence-electron chi connectivity index (χ2n) is 4.88. The predicted molar refractivity (Wildman–Crippen MR) is 76.8 cm³/mol. The zero-order valence-corrected chi connectivity index (χ0v) is 12.0. The quantitative estimate of drug-likeness (QED) is 0.503. The van der Waals surface area contributed by atoms with Gasteiger partial charge in [-0.2, -0.15) is 0 Å². The van der Waals surface area contributed by atoms with Gasteiger partial charge in [0.2, 0.25) is 0 Å². The topological polar surface area (TPSA) is 37.8 Å². The van der Waals surface area contributed by atoms with Gasteiger partial charge in [0, 0.05) is 30.5 Å². The summed E-state index contributed by atoms with van der Waals surface area (Å²) in [7, 11) is 0. The molecule has 1 saturated carbocycles. The van der Waals surface area contributed by atoms with Gasteiger partial charge in [0.25, 0.3) is 0 Å². The van der Waals surface area contributed by atoms with Gasteiger partial charge in [0.05, 0.1) is 0 Å². The lowest BCUT2D eigenvalue weighted by Gasteiger charge is -2.15. The van der Waals surface area contributed by atoms with E-state index in [1.54, 1.807) is 11.8 Å². The molecular formula is C14H23N3S. The third-order valence-corrected chi connectivity index (χ3v) is 4.16. The molecule has 1 fully saturated rings. The van der Waals surface area contributed by atoms with E-state index in [9.17, 15) is 0 Å². The van der Waals surface area contributed by atoms with E-state index in [2.05, 4.69) is 22.2 Å². The monoisotopic (exact) mass is 265 g/mol. The number of thioether (sulfide) groups is 1. The Morgan fingerprint density at radius 3 is 2.44 bits per heavy atom. The number of nitrogens with zero attached hydrogens (tertiary/aromatic N) is 2. The van der Waals surface area contributed by atoms with Crippen LogP contribution in [0.3, 0.4) is 0 Å². The van der Waals surface area contributed by atoms with Crippen molar-refractivity contribution in [3.63, 3.8) is 0 Å². The van der Waals surface area contributed by atoms with Crippen molar-refractivity contribution in [2.75, 3.05) is 5.75 Å². The van der Waals surface area contributed by atoms with Crippen LogP contribution >= 0.6 is 11.8 Å². The normalized spacial score (nSPS) is 17.6. The molecule has 0 amide bonds. The number of hydrogen-bond donors (Lipinski definition) is 1. The first-order chi connectivity index (χ1) is 8.88. The molecule has 3 nitrogen and oxygen atoms in total. The number of aromatic nitrogens is 2. The Balaban J connectivity index is 1.78. The van der Waals surface area contributed by atoms with Crippen LogP contribution in [-0.4, -0.2) is 21.8 Å². The third kappa shape index (κ3) is 4.58. The first kappa shape index (κ1) is 13.8. The van der Waals surface area contributed by atoms with Gasteiger partial charge < -0.3 is 5.32 Å². The fourth-order valence-electron chi connectivity index (χ4n) is 2.38. The molecule has 0 bridgehead atoms. The standard InChI is InChI=1S/C14H23N3S/c1-2-18-14-16-10-12(11-17-14)9-15-13-7-5-3-4-6-8-13/h10-11,13,15H,2-9H2,1H3. The smallest absolute Gasteiger partial charge is 0.187 e. The molecular weight excluding hydrogens is 242 g/mol. The third-order valence-electron chi connectivity index (χ3n) is 3.41. The van der Waals surface area contributed by atoms with Gasteiger partial charge >= 0.3 is 0 Å². The maximum atomic E-state index is 4.36. The predicted octanol–water partition coefficient (Wildman–Crippen LogP) is 3.40. The van der Waals surface area contributed by atoms with Crippen LogP contribution in [0.4, 0.5) is 0 Å². The minimum atomic E-state index is 0.692. The van der Waals surface area contributed by atoms with E-state index in [-0.39, 0.29) is 0 Å². The van der Waals surface area contributed by atoms with Crippen LogP contribution in [0.1, 0.15) is 51.0 Å². The molecule has 1 aliphatic carbocycles. The van der Waals surface area contributed by atoms with Gasteiger partial charge in [-0.25, -0.2) is 9.97 Å². The van der Waals surface area contributed by atoms with Gasteiger partial charge in [-0.3, -0.25) is 0 Å². The average Bonchev–Trinajstić information content (AvgIpc) is 2.67. The summed E-state index contributed by atoms with van der Waals surface area (Å²) in [5.41, 5.74) is 1.19. The largest absolute Gasteiger partial charge is 0.310 e. The fourth-order valence-corrected chi connectivity index (χ4v) is 2.90. The molecule has 1 heterocycles. The lowest BCUT2D eigenvalue weighted by atomic mass is 10.1. The molecule has 0 saturated heterocycles. The minimum Gasteiger partial charge on any atom is -0.310 e. The maximum Gasteiger partial charge on any atom is 0.187 e. The van der Waals surface area contributed by atoms with E-state index in [4.69, 9.17) is 0 Å². The highest BCUT2D eigenvalue weighted by Gasteiger charge is 2.11. The Kier molecular flexibility index (Phi) is 5.94. The van der Waals surface area contributed by atoms with E-state index >= 15 is 0 Å². The number of nitrogens with one attached hydrogen (secondary N) is 1. The lowest BCUT2D eigenvalue weighted by Crippen LogP contribution is -2.27. The van der Waals surface area contributed by atoms with Crippen molar-refractivity contribution < 1.29 is 0 Å². The molecule has 1 N–H and O–H groups in total. The Hall–Kier alpha value is -0.610. The molecule has 4 heteroatoms. The number of rotatable bonds is 5. The van der Waals surface area contributed by atoms with Crippen LogP contribution < -0.4 is 5.32 Å². The molecule has 18 heavy (non-hydrogen) atoms. The van der Waals surface area contributed by atoms with Crippen LogP contribution in [0.5, 0.6) is 0 Å². The molecule has 0 spiro atoms. The van der Waals surface area contributed by atoms with Crippen molar-refractivity contribution >= 4 is 11.8 Å². The summed E-state index contributed by atoms with van der Waals surface area (Å²) in [6, 6.07) is 0.692. The average molecular weight is 265 g/mol. The van der Waals surface area contributed by atoms with Crippen molar-refractivity contribution in [3.8, 4) is 0 Å². The lowest BCUT2D eigenvalue weighted by molar-refractivity contribution is 0.458. The van der Waals surface area contributed by atoms with Gasteiger partial charge in [-0.05, 0) is 18.6 Å². The molecule has 100 valence electrons. The molecule has 0 radical (unpaired) electrons. The summed E-state index contributed by atoms with van der Waals surface area (Å²) >= 11 is 1.69. The summed E-state index contributed by atoms with van der Waals surface area (Å²) in [5.74, 6) is 1.03. The van der Waals surface area contributed by atoms with E-state index in [1.165, 1.54) is 44.1 Å². The van der Waals surface area contributed by atoms with Crippen molar-refractivity contribution in [3.05, 3.63) is 18.0 Å².